The minimum Gasteiger partial charge on any atom is -0.489 e. The van der Waals surface area contributed by atoms with Crippen molar-refractivity contribution in [2.24, 2.45) is 5.92 Å². The lowest BCUT2D eigenvalue weighted by atomic mass is 10.2. The first-order valence-corrected chi connectivity index (χ1v) is 8.69. The maximum atomic E-state index is 12.2. The van der Waals surface area contributed by atoms with E-state index in [1.807, 2.05) is 49.4 Å². The van der Waals surface area contributed by atoms with Crippen LogP contribution >= 0.6 is 0 Å². The molecule has 0 saturated carbocycles. The van der Waals surface area contributed by atoms with Crippen LogP contribution < -0.4 is 9.47 Å². The van der Waals surface area contributed by atoms with E-state index >= 15 is 0 Å². The zero-order valence-corrected chi connectivity index (χ0v) is 15.2. The van der Waals surface area contributed by atoms with Gasteiger partial charge >= 0.3 is 0 Å². The van der Waals surface area contributed by atoms with E-state index in [0.717, 1.165) is 11.3 Å². The van der Waals surface area contributed by atoms with Crippen LogP contribution in [-0.4, -0.2) is 30.5 Å². The predicted molar refractivity (Wildman–Crippen MR) is 99.7 cm³/mol. The average Bonchev–Trinajstić information content (AvgIpc) is 2.70. The molecular formula is C21H24N2O3. The smallest absolute Gasteiger partial charge is 0.260 e. The lowest BCUT2D eigenvalue weighted by Crippen LogP contribution is -2.37. The van der Waals surface area contributed by atoms with E-state index in [9.17, 15) is 4.79 Å². The van der Waals surface area contributed by atoms with Crippen LogP contribution in [0.5, 0.6) is 11.5 Å². The van der Waals surface area contributed by atoms with E-state index in [1.165, 1.54) is 0 Å². The summed E-state index contributed by atoms with van der Waals surface area (Å²) in [6, 6.07) is 19.3. The molecule has 5 nitrogen and oxygen atoms in total. The van der Waals surface area contributed by atoms with Gasteiger partial charge in [0.1, 0.15) is 18.1 Å². The first-order valence-electron chi connectivity index (χ1n) is 8.69. The van der Waals surface area contributed by atoms with E-state index in [4.69, 9.17) is 14.7 Å². The molecule has 136 valence electrons. The van der Waals surface area contributed by atoms with E-state index in [2.05, 4.69) is 6.07 Å². The fourth-order valence-electron chi connectivity index (χ4n) is 2.39. The molecule has 2 rings (SSSR count). The number of carbonyl (C=O) groups is 1. The van der Waals surface area contributed by atoms with Gasteiger partial charge in [-0.1, -0.05) is 30.3 Å². The first-order chi connectivity index (χ1) is 12.6. The standard InChI is InChI=1S/C21H24N2O3/c1-3-23(14-17(2)13-22)21(24)16-26-20-11-9-19(10-12-20)25-15-18-7-5-4-6-8-18/h4-12,17H,3,14-16H2,1-2H3. The molecule has 1 amide bonds. The fraction of sp³-hybridized carbons (Fsp3) is 0.333. The number of amides is 1. The van der Waals surface area contributed by atoms with Gasteiger partial charge in [-0.05, 0) is 43.7 Å². The molecule has 0 aliphatic carbocycles. The van der Waals surface area contributed by atoms with Crippen molar-refractivity contribution >= 4 is 5.91 Å². The van der Waals surface area contributed by atoms with Crippen molar-refractivity contribution in [1.82, 2.24) is 4.90 Å². The van der Waals surface area contributed by atoms with Crippen molar-refractivity contribution in [2.45, 2.75) is 20.5 Å². The summed E-state index contributed by atoms with van der Waals surface area (Å²) in [6.07, 6.45) is 0. The van der Waals surface area contributed by atoms with Crippen molar-refractivity contribution < 1.29 is 14.3 Å². The van der Waals surface area contributed by atoms with Crippen molar-refractivity contribution in [3.63, 3.8) is 0 Å². The van der Waals surface area contributed by atoms with E-state index in [-0.39, 0.29) is 18.4 Å². The number of rotatable bonds is 9. The van der Waals surface area contributed by atoms with Gasteiger partial charge in [-0.25, -0.2) is 0 Å². The Labute approximate surface area is 154 Å². The number of nitrogens with zero attached hydrogens (tertiary/aromatic N) is 2. The lowest BCUT2D eigenvalue weighted by molar-refractivity contribution is -0.133. The molecule has 0 fully saturated rings. The van der Waals surface area contributed by atoms with Gasteiger partial charge in [-0.2, -0.15) is 5.26 Å². The highest BCUT2D eigenvalue weighted by Gasteiger charge is 2.15. The van der Waals surface area contributed by atoms with Gasteiger partial charge < -0.3 is 14.4 Å². The SMILES string of the molecule is CCN(CC(C)C#N)C(=O)COc1ccc(OCc2ccccc2)cc1. The molecule has 5 heteroatoms. The minimum absolute atomic E-state index is 0.0454. The second kappa shape index (κ2) is 10.1. The molecule has 0 N–H and O–H groups in total. The second-order valence-corrected chi connectivity index (χ2v) is 6.00. The summed E-state index contributed by atoms with van der Waals surface area (Å²) in [7, 11) is 0. The third-order valence-electron chi connectivity index (χ3n) is 3.88. The fourth-order valence-corrected chi connectivity index (χ4v) is 2.39. The van der Waals surface area contributed by atoms with E-state index < -0.39 is 0 Å². The van der Waals surface area contributed by atoms with Gasteiger partial charge in [0.15, 0.2) is 6.61 Å². The Hall–Kier alpha value is -3.00. The Kier molecular flexibility index (Phi) is 7.50. The Balaban J connectivity index is 1.81. The quantitative estimate of drug-likeness (QED) is 0.691. The summed E-state index contributed by atoms with van der Waals surface area (Å²) >= 11 is 0. The molecule has 2 aromatic carbocycles. The summed E-state index contributed by atoms with van der Waals surface area (Å²) < 4.78 is 11.3. The summed E-state index contributed by atoms with van der Waals surface area (Å²) in [4.78, 5) is 13.8. The summed E-state index contributed by atoms with van der Waals surface area (Å²) in [6.45, 7) is 5.12. The molecule has 0 saturated heterocycles. The zero-order chi connectivity index (χ0) is 18.8. The number of benzene rings is 2. The van der Waals surface area contributed by atoms with Crippen LogP contribution in [0, 0.1) is 17.2 Å². The largest absolute Gasteiger partial charge is 0.489 e. The van der Waals surface area contributed by atoms with Crippen molar-refractivity contribution in [2.75, 3.05) is 19.7 Å². The molecule has 0 radical (unpaired) electrons. The average molecular weight is 352 g/mol. The molecular weight excluding hydrogens is 328 g/mol. The summed E-state index contributed by atoms with van der Waals surface area (Å²) in [5, 5.41) is 8.88. The molecule has 0 heterocycles. The number of ether oxygens (including phenoxy) is 2. The Bertz CT molecular complexity index is 723. The molecule has 1 unspecified atom stereocenters. The predicted octanol–water partition coefficient (Wildman–Crippen LogP) is 3.65. The number of nitriles is 1. The van der Waals surface area contributed by atoms with E-state index in [0.29, 0.717) is 25.4 Å². The normalized spacial score (nSPS) is 11.3. The second-order valence-electron chi connectivity index (χ2n) is 6.00. The molecule has 0 aromatic heterocycles. The van der Waals surface area contributed by atoms with Crippen LogP contribution in [0.4, 0.5) is 0 Å². The van der Waals surface area contributed by atoms with Crippen molar-refractivity contribution in [3.8, 4) is 17.6 Å². The van der Waals surface area contributed by atoms with Gasteiger partial charge in [-0.3, -0.25) is 4.79 Å². The third-order valence-corrected chi connectivity index (χ3v) is 3.88. The molecule has 1 atom stereocenters. The van der Waals surface area contributed by atoms with Crippen molar-refractivity contribution in [3.05, 3.63) is 60.2 Å². The Morgan fingerprint density at radius 1 is 1.08 bits per heavy atom. The molecule has 0 bridgehead atoms. The molecule has 26 heavy (non-hydrogen) atoms. The van der Waals surface area contributed by atoms with Crippen LogP contribution in [0.1, 0.15) is 19.4 Å². The van der Waals surface area contributed by atoms with Crippen LogP contribution in [0.2, 0.25) is 0 Å². The number of hydrogen-bond donors (Lipinski definition) is 0. The topological polar surface area (TPSA) is 62.6 Å². The summed E-state index contributed by atoms with van der Waals surface area (Å²) in [5.41, 5.74) is 1.10. The van der Waals surface area contributed by atoms with Gasteiger partial charge in [-0.15, -0.1) is 0 Å². The van der Waals surface area contributed by atoms with Crippen molar-refractivity contribution in [1.29, 1.82) is 5.26 Å². The highest BCUT2D eigenvalue weighted by Crippen LogP contribution is 2.19. The number of hydrogen-bond acceptors (Lipinski definition) is 4. The number of likely N-dealkylation sites (N-methyl/N-ethyl adjacent to an activating group) is 1. The van der Waals surface area contributed by atoms with Gasteiger partial charge in [0.2, 0.25) is 0 Å². The maximum absolute atomic E-state index is 12.2. The lowest BCUT2D eigenvalue weighted by Gasteiger charge is -2.22. The van der Waals surface area contributed by atoms with Gasteiger partial charge in [0, 0.05) is 13.1 Å². The van der Waals surface area contributed by atoms with Crippen LogP contribution in [0.15, 0.2) is 54.6 Å². The van der Waals surface area contributed by atoms with E-state index in [1.54, 1.807) is 24.0 Å². The van der Waals surface area contributed by atoms with Crippen LogP contribution in [0.25, 0.3) is 0 Å². The minimum atomic E-state index is -0.194. The van der Waals surface area contributed by atoms with Gasteiger partial charge in [0.25, 0.3) is 5.91 Å². The summed E-state index contributed by atoms with van der Waals surface area (Å²) in [5.74, 6) is 1.03. The zero-order valence-electron chi connectivity index (χ0n) is 15.2. The van der Waals surface area contributed by atoms with Crippen LogP contribution in [-0.2, 0) is 11.4 Å². The Morgan fingerprint density at radius 2 is 1.69 bits per heavy atom. The molecule has 0 aliphatic rings. The number of carbonyl (C=O) groups excluding carboxylic acids is 1. The molecule has 0 spiro atoms. The third kappa shape index (κ3) is 6.14. The monoisotopic (exact) mass is 352 g/mol. The highest BCUT2D eigenvalue weighted by molar-refractivity contribution is 5.77. The first kappa shape index (κ1) is 19.3. The highest BCUT2D eigenvalue weighted by atomic mass is 16.5. The molecule has 2 aromatic rings. The van der Waals surface area contributed by atoms with Crippen LogP contribution in [0.3, 0.4) is 0 Å². The molecule has 0 aliphatic heterocycles. The van der Waals surface area contributed by atoms with Gasteiger partial charge in [0.05, 0.1) is 12.0 Å². The Morgan fingerprint density at radius 3 is 2.27 bits per heavy atom. The maximum Gasteiger partial charge on any atom is 0.260 e.